The summed E-state index contributed by atoms with van der Waals surface area (Å²) in [5, 5.41) is 6.54. The average molecular weight is 325 g/mol. The number of fused-ring (bicyclic) bond motifs is 1. The van der Waals surface area contributed by atoms with Gasteiger partial charge < -0.3 is 15.4 Å². The monoisotopic (exact) mass is 324 g/mol. The molecule has 0 bridgehead atoms. The minimum Gasteiger partial charge on any atom is -0.493 e. The number of halogens is 1. The summed E-state index contributed by atoms with van der Waals surface area (Å²) in [5.74, 6) is 1.13. The van der Waals surface area contributed by atoms with Gasteiger partial charge in [-0.15, -0.1) is 0 Å². The predicted octanol–water partition coefficient (Wildman–Crippen LogP) is 2.14. The fourth-order valence-electron chi connectivity index (χ4n) is 2.69. The minimum atomic E-state index is 0.168. The van der Waals surface area contributed by atoms with E-state index in [0.29, 0.717) is 12.5 Å². The van der Waals surface area contributed by atoms with Gasteiger partial charge in [0.25, 0.3) is 0 Å². The second kappa shape index (κ2) is 5.51. The van der Waals surface area contributed by atoms with Crippen molar-refractivity contribution in [1.82, 2.24) is 10.6 Å². The van der Waals surface area contributed by atoms with Crippen molar-refractivity contribution in [2.45, 2.75) is 31.3 Å². The molecule has 0 aromatic heterocycles. The largest absolute Gasteiger partial charge is 0.493 e. The maximum atomic E-state index is 11.2. The Bertz CT molecular complexity index is 492. The highest BCUT2D eigenvalue weighted by Crippen LogP contribution is 2.34. The Morgan fingerprint density at radius 3 is 3.11 bits per heavy atom. The maximum Gasteiger partial charge on any atom is 0.220 e. The molecule has 4 nitrogen and oxygen atoms in total. The number of carbonyl (C=O) groups excluding carboxylic acids is 1. The highest BCUT2D eigenvalue weighted by atomic mass is 79.9. The number of hydrogen-bond donors (Lipinski definition) is 2. The summed E-state index contributed by atoms with van der Waals surface area (Å²) in [4.78, 5) is 11.2. The van der Waals surface area contributed by atoms with Crippen LogP contribution >= 0.6 is 15.9 Å². The van der Waals surface area contributed by atoms with Crippen LogP contribution in [0.5, 0.6) is 5.75 Å². The minimum absolute atomic E-state index is 0.168. The third-order valence-corrected chi connectivity index (χ3v) is 4.20. The molecule has 2 unspecified atom stereocenters. The van der Waals surface area contributed by atoms with Crippen LogP contribution in [0.3, 0.4) is 0 Å². The molecule has 2 heterocycles. The van der Waals surface area contributed by atoms with Crippen molar-refractivity contribution in [1.29, 1.82) is 0 Å². The van der Waals surface area contributed by atoms with Crippen molar-refractivity contribution >= 4 is 21.8 Å². The summed E-state index contributed by atoms with van der Waals surface area (Å²) in [6.45, 7) is 1.56. The molecule has 1 aromatic rings. The molecule has 19 heavy (non-hydrogen) atoms. The molecule has 2 N–H and O–H groups in total. The van der Waals surface area contributed by atoms with E-state index in [1.807, 2.05) is 12.1 Å². The van der Waals surface area contributed by atoms with E-state index in [0.717, 1.165) is 36.2 Å². The Kier molecular flexibility index (Phi) is 3.75. The molecule has 3 rings (SSSR count). The molecular weight excluding hydrogens is 308 g/mol. The molecule has 102 valence electrons. The van der Waals surface area contributed by atoms with Gasteiger partial charge in [0.1, 0.15) is 5.75 Å². The van der Waals surface area contributed by atoms with E-state index >= 15 is 0 Å². The topological polar surface area (TPSA) is 50.4 Å². The number of nitrogens with one attached hydrogen (secondary N) is 2. The molecule has 0 saturated carbocycles. The molecule has 1 fully saturated rings. The van der Waals surface area contributed by atoms with Gasteiger partial charge in [0.05, 0.1) is 6.61 Å². The third kappa shape index (κ3) is 2.92. The van der Waals surface area contributed by atoms with E-state index < -0.39 is 0 Å². The average Bonchev–Trinajstić information content (AvgIpc) is 2.82. The van der Waals surface area contributed by atoms with Crippen LogP contribution in [0.4, 0.5) is 0 Å². The second-order valence-corrected chi connectivity index (χ2v) is 6.00. The summed E-state index contributed by atoms with van der Waals surface area (Å²) in [6.07, 6.45) is 2.55. The molecule has 1 aromatic carbocycles. The fourth-order valence-corrected chi connectivity index (χ4v) is 3.07. The van der Waals surface area contributed by atoms with Gasteiger partial charge in [0.2, 0.25) is 5.91 Å². The summed E-state index contributed by atoms with van der Waals surface area (Å²) in [6, 6.07) is 6.69. The number of benzene rings is 1. The van der Waals surface area contributed by atoms with Gasteiger partial charge in [-0.1, -0.05) is 15.9 Å². The van der Waals surface area contributed by atoms with Gasteiger partial charge in [0, 0.05) is 41.5 Å². The smallest absolute Gasteiger partial charge is 0.220 e. The maximum absolute atomic E-state index is 11.2. The van der Waals surface area contributed by atoms with Gasteiger partial charge in [-0.2, -0.15) is 0 Å². The van der Waals surface area contributed by atoms with Crippen LogP contribution in [0.25, 0.3) is 0 Å². The first-order chi connectivity index (χ1) is 9.22. The van der Waals surface area contributed by atoms with Gasteiger partial charge in [-0.05, 0) is 24.6 Å². The Labute approximate surface area is 121 Å². The number of hydrogen-bond acceptors (Lipinski definition) is 3. The third-order valence-electron chi connectivity index (χ3n) is 3.71. The van der Waals surface area contributed by atoms with Crippen molar-refractivity contribution in [3.05, 3.63) is 28.2 Å². The zero-order chi connectivity index (χ0) is 13.2. The van der Waals surface area contributed by atoms with Crippen LogP contribution < -0.4 is 15.4 Å². The van der Waals surface area contributed by atoms with Crippen molar-refractivity contribution in [2.75, 3.05) is 13.2 Å². The molecule has 5 heteroatoms. The van der Waals surface area contributed by atoms with Gasteiger partial charge in [-0.25, -0.2) is 0 Å². The normalized spacial score (nSPS) is 25.6. The summed E-state index contributed by atoms with van der Waals surface area (Å²) >= 11 is 3.50. The number of ether oxygens (including phenoxy) is 1. The molecule has 1 amide bonds. The summed E-state index contributed by atoms with van der Waals surface area (Å²) < 4.78 is 6.73. The second-order valence-electron chi connectivity index (χ2n) is 5.08. The lowest BCUT2D eigenvalue weighted by molar-refractivity contribution is -0.119. The van der Waals surface area contributed by atoms with E-state index in [1.165, 1.54) is 5.56 Å². The first kappa shape index (κ1) is 12.9. The number of amides is 1. The first-order valence-corrected chi connectivity index (χ1v) is 7.46. The van der Waals surface area contributed by atoms with Crippen LogP contribution in [0, 0.1) is 0 Å². The van der Waals surface area contributed by atoms with E-state index in [9.17, 15) is 4.79 Å². The van der Waals surface area contributed by atoms with Crippen molar-refractivity contribution in [3.8, 4) is 5.75 Å². The lowest BCUT2D eigenvalue weighted by Gasteiger charge is -2.28. The highest BCUT2D eigenvalue weighted by Gasteiger charge is 2.25. The van der Waals surface area contributed by atoms with E-state index in [1.54, 1.807) is 0 Å². The lowest BCUT2D eigenvalue weighted by Crippen LogP contribution is -2.38. The van der Waals surface area contributed by atoms with E-state index in [-0.39, 0.29) is 11.9 Å². The zero-order valence-corrected chi connectivity index (χ0v) is 12.2. The summed E-state index contributed by atoms with van der Waals surface area (Å²) in [7, 11) is 0. The molecule has 0 radical (unpaired) electrons. The van der Waals surface area contributed by atoms with Crippen LogP contribution in [0.15, 0.2) is 22.7 Å². The van der Waals surface area contributed by atoms with E-state index in [4.69, 9.17) is 4.74 Å². The lowest BCUT2D eigenvalue weighted by atomic mass is 10.0. The Morgan fingerprint density at radius 1 is 1.42 bits per heavy atom. The molecule has 0 spiro atoms. The van der Waals surface area contributed by atoms with Gasteiger partial charge in [-0.3, -0.25) is 4.79 Å². The number of carbonyl (C=O) groups is 1. The van der Waals surface area contributed by atoms with Gasteiger partial charge >= 0.3 is 0 Å². The van der Waals surface area contributed by atoms with Crippen LogP contribution in [-0.4, -0.2) is 25.1 Å². The molecule has 2 aliphatic heterocycles. The molecule has 1 saturated heterocycles. The van der Waals surface area contributed by atoms with Gasteiger partial charge in [0.15, 0.2) is 0 Å². The molecule has 2 aliphatic rings. The molecular formula is C14H17BrN2O2. The Hall–Kier alpha value is -1.07. The van der Waals surface area contributed by atoms with E-state index in [2.05, 4.69) is 32.6 Å². The Balaban J connectivity index is 1.66. The molecule has 2 atom stereocenters. The highest BCUT2D eigenvalue weighted by molar-refractivity contribution is 9.10. The first-order valence-electron chi connectivity index (χ1n) is 6.67. The Morgan fingerprint density at radius 2 is 2.32 bits per heavy atom. The van der Waals surface area contributed by atoms with Crippen LogP contribution in [0.2, 0.25) is 0 Å². The quantitative estimate of drug-likeness (QED) is 0.895. The summed E-state index contributed by atoms with van der Waals surface area (Å²) in [5.41, 5.74) is 1.20. The zero-order valence-electron chi connectivity index (χ0n) is 10.6. The predicted molar refractivity (Wildman–Crippen MR) is 76.2 cm³/mol. The van der Waals surface area contributed by atoms with Crippen LogP contribution in [-0.2, 0) is 4.79 Å². The number of rotatable bonds is 3. The van der Waals surface area contributed by atoms with Crippen molar-refractivity contribution in [3.63, 3.8) is 0 Å². The van der Waals surface area contributed by atoms with Crippen molar-refractivity contribution in [2.24, 2.45) is 0 Å². The van der Waals surface area contributed by atoms with Crippen LogP contribution in [0.1, 0.15) is 30.9 Å². The standard InChI is InChI=1S/C14H17BrN2O2/c15-9-1-3-13-11(7-9)12(5-6-19-13)16-8-10-2-4-14(18)17-10/h1,3,7,10,12,16H,2,4-6,8H2,(H,17,18). The van der Waals surface area contributed by atoms with Crippen molar-refractivity contribution < 1.29 is 9.53 Å². The SMILES string of the molecule is O=C1CCC(CNC2CCOc3ccc(Br)cc32)N1. The fraction of sp³-hybridized carbons (Fsp3) is 0.500. The molecule has 0 aliphatic carbocycles.